The number of alkyl halides is 2. The zero-order chi connectivity index (χ0) is 53.0. The van der Waals surface area contributed by atoms with E-state index in [0.717, 1.165) is 59.8 Å². The average Bonchev–Trinajstić information content (AvgIpc) is 4.17. The fourth-order valence-corrected chi connectivity index (χ4v) is 12.6. The average molecular weight is 1060 g/mol. The number of thiazole rings is 1. The highest BCUT2D eigenvalue weighted by molar-refractivity contribution is 7.10. The number of methoxy groups -OCH3 is 1. The summed E-state index contributed by atoms with van der Waals surface area (Å²) in [4.78, 5) is 87.7. The first-order valence-corrected chi connectivity index (χ1v) is 27.2. The molecule has 1 spiro atoms. The van der Waals surface area contributed by atoms with Crippen LogP contribution in [0.1, 0.15) is 89.6 Å². The third kappa shape index (κ3) is 10.4. The Bertz CT molecular complexity index is 2820. The third-order valence-electron chi connectivity index (χ3n) is 15.8. The van der Waals surface area contributed by atoms with Gasteiger partial charge in [-0.2, -0.15) is 0 Å². The van der Waals surface area contributed by atoms with Gasteiger partial charge in [0.2, 0.25) is 11.8 Å². The van der Waals surface area contributed by atoms with Crippen LogP contribution in [0.4, 0.5) is 14.5 Å². The Morgan fingerprint density at radius 3 is 2.49 bits per heavy atom. The van der Waals surface area contributed by atoms with Crippen molar-refractivity contribution in [3.05, 3.63) is 51.9 Å². The molecule has 5 aliphatic rings. The molecule has 400 valence electrons. The van der Waals surface area contributed by atoms with E-state index in [4.69, 9.17) is 31.0 Å². The number of nitrogens with zero attached hydrogens (tertiary/aromatic N) is 8. The summed E-state index contributed by atoms with van der Waals surface area (Å²) >= 11 is 6.72. The molecular formula is C53H69ClF2N10O7S. The number of esters is 1. The van der Waals surface area contributed by atoms with Crippen LogP contribution in [-0.4, -0.2) is 161 Å². The van der Waals surface area contributed by atoms with Crippen molar-refractivity contribution in [2.75, 3.05) is 78.0 Å². The number of ether oxygens (including phenoxy) is 2. The van der Waals surface area contributed by atoms with Gasteiger partial charge in [0.15, 0.2) is 0 Å². The van der Waals surface area contributed by atoms with Crippen molar-refractivity contribution < 1.29 is 42.2 Å². The smallest absolute Gasteiger partial charge is 0.324 e. The van der Waals surface area contributed by atoms with Gasteiger partial charge in [0.25, 0.3) is 17.4 Å². The van der Waals surface area contributed by atoms with Gasteiger partial charge in [-0.15, -0.1) is 11.3 Å². The maximum atomic E-state index is 17.0. The minimum absolute atomic E-state index is 0.00643. The molecule has 0 aliphatic carbocycles. The monoisotopic (exact) mass is 1060 g/mol. The molecule has 0 unspecified atom stereocenters. The number of amides is 4. The van der Waals surface area contributed by atoms with Gasteiger partial charge in [0.1, 0.15) is 23.9 Å². The molecule has 0 saturated carbocycles. The molecule has 9 rings (SSSR count). The number of fused-ring (bicyclic) bond motifs is 6. The zero-order valence-electron chi connectivity index (χ0n) is 43.6. The summed E-state index contributed by atoms with van der Waals surface area (Å²) in [6, 6.07) is 2.50. The lowest BCUT2D eigenvalue weighted by Gasteiger charge is -2.36. The molecule has 3 aromatic heterocycles. The van der Waals surface area contributed by atoms with Crippen LogP contribution in [0.25, 0.3) is 33.4 Å². The third-order valence-corrected chi connectivity index (χ3v) is 16.8. The molecule has 4 saturated heterocycles. The molecular weight excluding hydrogens is 994 g/mol. The zero-order valence-corrected chi connectivity index (χ0v) is 45.2. The van der Waals surface area contributed by atoms with Crippen molar-refractivity contribution >= 4 is 69.1 Å². The predicted molar refractivity (Wildman–Crippen MR) is 278 cm³/mol. The Morgan fingerprint density at radius 2 is 1.78 bits per heavy atom. The molecule has 74 heavy (non-hydrogen) atoms. The number of benzene rings is 1. The van der Waals surface area contributed by atoms with Crippen molar-refractivity contribution in [3.63, 3.8) is 0 Å². The number of cyclic esters (lactones) is 1. The molecule has 6 atom stereocenters. The topological polar surface area (TPSA) is 175 Å². The number of likely N-dealkylation sites (N-methyl/N-ethyl adjacent to an activating group) is 1. The summed E-state index contributed by atoms with van der Waals surface area (Å²) in [5.41, 5.74) is 4.95. The number of pyridine rings is 1. The van der Waals surface area contributed by atoms with Gasteiger partial charge in [0, 0.05) is 99.7 Å². The van der Waals surface area contributed by atoms with Crippen molar-refractivity contribution in [1.29, 1.82) is 0 Å². The number of aryl methyl sites for hydroxylation is 1. The second kappa shape index (κ2) is 21.4. The number of hydrogen-bond acceptors (Lipinski definition) is 13. The summed E-state index contributed by atoms with van der Waals surface area (Å²) < 4.78 is 45.1. The lowest BCUT2D eigenvalue weighted by Crippen LogP contribution is -2.62. The van der Waals surface area contributed by atoms with Crippen LogP contribution in [0.5, 0.6) is 0 Å². The normalized spacial score (nSPS) is 24.2. The van der Waals surface area contributed by atoms with E-state index in [9.17, 15) is 28.4 Å². The number of hydrogen-bond donors (Lipinski definition) is 2. The van der Waals surface area contributed by atoms with Crippen LogP contribution >= 0.6 is 22.9 Å². The summed E-state index contributed by atoms with van der Waals surface area (Å²) in [5, 5.41) is 7.34. The number of rotatable bonds is 10. The fraction of sp³-hybridized carbons (Fsp3) is 0.604. The Balaban J connectivity index is 1.11. The van der Waals surface area contributed by atoms with Crippen molar-refractivity contribution in [2.24, 2.45) is 16.7 Å². The number of anilines is 1. The van der Waals surface area contributed by atoms with Crippen molar-refractivity contribution in [2.45, 2.75) is 116 Å². The number of piperazine rings is 1. The molecule has 4 aromatic rings. The SMILES string of the molecule is CCn1c(-c2cc(N3CCN(C)CC3)cnc2[C@H](C)OC)c2c3cc(c(F)cc31)-c1csc(n1)C[C@H](NC(=O)[C@H](C(C)C)N1CC[C@@]3(CCN(C(=O)[C@H](F)Cl)C3)C1=O)C(=O)N1CCC[C@H](N1)C(=O)OCC(C)(C)C2. The minimum atomic E-state index is -2.22. The maximum Gasteiger partial charge on any atom is 0.324 e. The highest BCUT2D eigenvalue weighted by Gasteiger charge is 2.55. The molecule has 17 nitrogen and oxygen atoms in total. The Labute approximate surface area is 440 Å². The molecule has 4 fully saturated rings. The lowest BCUT2D eigenvalue weighted by molar-refractivity contribution is -0.155. The van der Waals surface area contributed by atoms with Crippen LogP contribution in [0.2, 0.25) is 0 Å². The molecule has 21 heteroatoms. The van der Waals surface area contributed by atoms with Crippen LogP contribution < -0.4 is 15.6 Å². The van der Waals surface area contributed by atoms with Gasteiger partial charge >= 0.3 is 5.97 Å². The first-order valence-electron chi connectivity index (χ1n) is 25.9. The second-order valence-corrected chi connectivity index (χ2v) is 23.2. The van der Waals surface area contributed by atoms with Crippen molar-refractivity contribution in [1.82, 2.24) is 45.0 Å². The number of aromatic nitrogens is 3. The quantitative estimate of drug-likeness (QED) is 0.138. The number of carbonyl (C=O) groups is 5. The van der Waals surface area contributed by atoms with E-state index in [1.807, 2.05) is 53.8 Å². The van der Waals surface area contributed by atoms with E-state index in [2.05, 4.69) is 38.2 Å². The summed E-state index contributed by atoms with van der Waals surface area (Å²) in [7, 11) is 3.78. The Morgan fingerprint density at radius 1 is 1.04 bits per heavy atom. The Kier molecular flexibility index (Phi) is 15.5. The summed E-state index contributed by atoms with van der Waals surface area (Å²) in [5.74, 6) is -3.72. The fourth-order valence-electron chi connectivity index (χ4n) is 11.6. The van der Waals surface area contributed by atoms with E-state index in [1.54, 1.807) is 18.6 Å². The number of carbonyl (C=O) groups excluding carboxylic acids is 5. The highest BCUT2D eigenvalue weighted by atomic mass is 35.5. The summed E-state index contributed by atoms with van der Waals surface area (Å²) in [6.07, 6.45) is 3.42. The van der Waals surface area contributed by atoms with E-state index in [-0.39, 0.29) is 56.8 Å². The molecule has 6 bridgehead atoms. The number of likely N-dealkylation sites (tertiary alicyclic amines) is 2. The maximum absolute atomic E-state index is 17.0. The Hall–Kier alpha value is -5.28. The van der Waals surface area contributed by atoms with Gasteiger partial charge in [-0.05, 0) is 82.7 Å². The standard InChI is InChI=1S/C53H69ClF2N10O7S/c1-9-64-41-23-37(55)34-22-33(41)36(45(64)35-21-32(26-57-43(35)31(4)72-8)62-19-17-61(7)18-20-62)25-52(5,6)29-73-50(70)38-11-10-14-66(60-38)48(68)39(24-42-58-40(34)27-74-42)59-47(67)44(30(2)3)65-16-13-53(51(65)71)12-15-63(28-53)49(69)46(54)56/h21-23,26-27,30-31,38-39,44,46,60H,9-20,24-25,28-29H2,1-8H3,(H,59,67)/t31-,38-,39-,44-,46-,53+/m0/s1. The predicted octanol–water partition coefficient (Wildman–Crippen LogP) is 6.10. The highest BCUT2D eigenvalue weighted by Crippen LogP contribution is 2.45. The number of nitrogens with one attached hydrogen (secondary N) is 2. The lowest BCUT2D eigenvalue weighted by atomic mass is 9.84. The van der Waals surface area contributed by atoms with E-state index >= 15 is 4.39 Å². The van der Waals surface area contributed by atoms with Crippen molar-refractivity contribution in [3.8, 4) is 22.5 Å². The number of hydrazine groups is 1. The second-order valence-electron chi connectivity index (χ2n) is 21.9. The van der Waals surface area contributed by atoms with E-state index in [1.165, 1.54) is 26.1 Å². The van der Waals surface area contributed by atoms with Crippen LogP contribution in [-0.2, 0) is 52.8 Å². The van der Waals surface area contributed by atoms with Crippen LogP contribution in [0, 0.1) is 22.6 Å². The van der Waals surface area contributed by atoms with Gasteiger partial charge < -0.3 is 39.0 Å². The molecule has 2 N–H and O–H groups in total. The van der Waals surface area contributed by atoms with E-state index in [0.29, 0.717) is 54.9 Å². The molecule has 4 amide bonds. The first-order chi connectivity index (χ1) is 35.2. The van der Waals surface area contributed by atoms with Crippen LogP contribution in [0.3, 0.4) is 0 Å². The van der Waals surface area contributed by atoms with E-state index < -0.39 is 70.0 Å². The largest absolute Gasteiger partial charge is 0.464 e. The van der Waals surface area contributed by atoms with Gasteiger partial charge in [0.05, 0.1) is 57.6 Å². The van der Waals surface area contributed by atoms with Gasteiger partial charge in [-0.1, -0.05) is 39.3 Å². The number of halogens is 3. The molecule has 1 aromatic carbocycles. The van der Waals surface area contributed by atoms with Crippen LogP contribution in [0.15, 0.2) is 29.8 Å². The molecule has 8 heterocycles. The minimum Gasteiger partial charge on any atom is -0.464 e. The molecule has 5 aliphatic heterocycles. The first kappa shape index (κ1) is 53.5. The van der Waals surface area contributed by atoms with Gasteiger partial charge in [-0.25, -0.2) is 19.2 Å². The van der Waals surface area contributed by atoms with Gasteiger partial charge in [-0.3, -0.25) is 34.0 Å². The summed E-state index contributed by atoms with van der Waals surface area (Å²) in [6.45, 7) is 16.3. The molecule has 0 radical (unpaired) electrons.